The Balaban J connectivity index is 1.67. The summed E-state index contributed by atoms with van der Waals surface area (Å²) in [6.45, 7) is 5.32. The van der Waals surface area contributed by atoms with Crippen LogP contribution in [0.25, 0.3) is 0 Å². The van der Waals surface area contributed by atoms with Crippen LogP contribution in [0.2, 0.25) is 0 Å². The molecule has 2 rings (SSSR count). The minimum atomic E-state index is -0.548. The van der Waals surface area contributed by atoms with Gasteiger partial charge in [0.2, 0.25) is 0 Å². The molecule has 4 nitrogen and oxygen atoms in total. The first kappa shape index (κ1) is 19.0. The number of aliphatic hydroxyl groups is 1. The number of ether oxygens (including phenoxy) is 2. The lowest BCUT2D eigenvalue weighted by atomic mass is 10.1. The molecule has 0 saturated carbocycles. The Morgan fingerprint density at radius 2 is 1.92 bits per heavy atom. The van der Waals surface area contributed by atoms with E-state index in [4.69, 9.17) is 9.47 Å². The summed E-state index contributed by atoms with van der Waals surface area (Å²) in [5, 5.41) is 13.3. The van der Waals surface area contributed by atoms with Gasteiger partial charge in [-0.05, 0) is 48.7 Å². The molecule has 0 amide bonds. The number of aliphatic hydroxyl groups excluding tert-OH is 1. The largest absolute Gasteiger partial charge is 0.497 e. The molecule has 0 fully saturated rings. The fourth-order valence-electron chi connectivity index (χ4n) is 2.51. The first-order valence-electron chi connectivity index (χ1n) is 8.56. The van der Waals surface area contributed by atoms with Crippen LogP contribution in [0.15, 0.2) is 61.2 Å². The average Bonchev–Trinajstić information content (AvgIpc) is 2.65. The minimum absolute atomic E-state index is 0.268. The van der Waals surface area contributed by atoms with Gasteiger partial charge in [-0.3, -0.25) is 0 Å². The summed E-state index contributed by atoms with van der Waals surface area (Å²) in [6, 6.07) is 15.9. The van der Waals surface area contributed by atoms with Crippen LogP contribution < -0.4 is 14.8 Å². The van der Waals surface area contributed by atoms with Crippen molar-refractivity contribution in [3.63, 3.8) is 0 Å². The van der Waals surface area contributed by atoms with Crippen molar-refractivity contribution >= 4 is 0 Å². The smallest absolute Gasteiger partial charge is 0.122 e. The van der Waals surface area contributed by atoms with Gasteiger partial charge in [-0.2, -0.15) is 0 Å². The van der Waals surface area contributed by atoms with Crippen LogP contribution in [0.5, 0.6) is 11.5 Å². The topological polar surface area (TPSA) is 50.7 Å². The lowest BCUT2D eigenvalue weighted by Gasteiger charge is -2.15. The molecule has 25 heavy (non-hydrogen) atoms. The number of allylic oxidation sites excluding steroid dienone is 1. The average molecular weight is 341 g/mol. The van der Waals surface area contributed by atoms with Crippen LogP contribution in [-0.2, 0) is 12.8 Å². The van der Waals surface area contributed by atoms with Crippen molar-refractivity contribution in [2.75, 3.05) is 26.8 Å². The molecule has 0 saturated heterocycles. The van der Waals surface area contributed by atoms with E-state index in [-0.39, 0.29) is 6.61 Å². The van der Waals surface area contributed by atoms with E-state index < -0.39 is 6.10 Å². The number of nitrogens with one attached hydrogen (secondary N) is 1. The number of rotatable bonds is 11. The predicted octanol–water partition coefficient (Wildman–Crippen LogP) is 3.00. The fourth-order valence-corrected chi connectivity index (χ4v) is 2.51. The summed E-state index contributed by atoms with van der Waals surface area (Å²) in [5.41, 5.74) is 2.31. The van der Waals surface area contributed by atoms with E-state index in [2.05, 4.69) is 24.0 Å². The summed E-state index contributed by atoms with van der Waals surface area (Å²) in [4.78, 5) is 0. The van der Waals surface area contributed by atoms with E-state index in [0.717, 1.165) is 36.4 Å². The molecule has 0 aliphatic carbocycles. The van der Waals surface area contributed by atoms with Gasteiger partial charge in [0, 0.05) is 6.54 Å². The molecule has 0 spiro atoms. The zero-order chi connectivity index (χ0) is 17.9. The van der Waals surface area contributed by atoms with Gasteiger partial charge in [0.25, 0.3) is 0 Å². The van der Waals surface area contributed by atoms with Crippen LogP contribution in [0.1, 0.15) is 11.1 Å². The standard InChI is InChI=1S/C21H27NO3/c1-3-6-18-7-4-5-8-21(18)25-16-19(23)15-22-14-13-17-9-11-20(24-2)12-10-17/h3-5,7-12,19,22-23H,1,6,13-16H2,2H3. The number of methoxy groups -OCH3 is 1. The number of para-hydroxylation sites is 1. The number of hydrogen-bond donors (Lipinski definition) is 2. The second-order valence-electron chi connectivity index (χ2n) is 5.87. The summed E-state index contributed by atoms with van der Waals surface area (Å²) in [5.74, 6) is 1.67. The highest BCUT2D eigenvalue weighted by atomic mass is 16.5. The van der Waals surface area contributed by atoms with Crippen molar-refractivity contribution < 1.29 is 14.6 Å². The maximum Gasteiger partial charge on any atom is 0.122 e. The lowest BCUT2D eigenvalue weighted by molar-refractivity contribution is 0.106. The summed E-state index contributed by atoms with van der Waals surface area (Å²) in [7, 11) is 1.66. The summed E-state index contributed by atoms with van der Waals surface area (Å²) >= 11 is 0. The molecular weight excluding hydrogens is 314 g/mol. The molecule has 1 unspecified atom stereocenters. The lowest BCUT2D eigenvalue weighted by Crippen LogP contribution is -2.32. The molecule has 2 N–H and O–H groups in total. The molecule has 4 heteroatoms. The Kier molecular flexibility index (Phi) is 8.02. The molecule has 0 bridgehead atoms. The third-order valence-electron chi connectivity index (χ3n) is 3.90. The zero-order valence-electron chi connectivity index (χ0n) is 14.8. The fraction of sp³-hybridized carbons (Fsp3) is 0.333. The van der Waals surface area contributed by atoms with Gasteiger partial charge in [-0.15, -0.1) is 6.58 Å². The number of hydrogen-bond acceptors (Lipinski definition) is 4. The molecule has 0 aliphatic rings. The van der Waals surface area contributed by atoms with Crippen molar-refractivity contribution in [2.24, 2.45) is 0 Å². The number of benzene rings is 2. The second-order valence-corrected chi connectivity index (χ2v) is 5.87. The SMILES string of the molecule is C=CCc1ccccc1OCC(O)CNCCc1ccc(OC)cc1. The minimum Gasteiger partial charge on any atom is -0.497 e. The molecule has 0 heterocycles. The van der Waals surface area contributed by atoms with E-state index in [1.54, 1.807) is 7.11 Å². The van der Waals surface area contributed by atoms with Gasteiger partial charge < -0.3 is 19.9 Å². The van der Waals surface area contributed by atoms with E-state index >= 15 is 0 Å². The predicted molar refractivity (Wildman–Crippen MR) is 101 cm³/mol. The molecular formula is C21H27NO3. The Hall–Kier alpha value is -2.30. The van der Waals surface area contributed by atoms with Crippen molar-refractivity contribution in [3.8, 4) is 11.5 Å². The van der Waals surface area contributed by atoms with Crippen molar-refractivity contribution in [1.82, 2.24) is 5.32 Å². The third kappa shape index (κ3) is 6.61. The maximum atomic E-state index is 10.1. The highest BCUT2D eigenvalue weighted by molar-refractivity contribution is 5.34. The molecule has 134 valence electrons. The first-order chi connectivity index (χ1) is 12.2. The van der Waals surface area contributed by atoms with Gasteiger partial charge in [0.05, 0.1) is 7.11 Å². The van der Waals surface area contributed by atoms with Crippen molar-refractivity contribution in [3.05, 3.63) is 72.3 Å². The van der Waals surface area contributed by atoms with Crippen LogP contribution in [-0.4, -0.2) is 38.0 Å². The van der Waals surface area contributed by atoms with E-state index in [1.807, 2.05) is 42.5 Å². The van der Waals surface area contributed by atoms with Crippen LogP contribution in [0.3, 0.4) is 0 Å². The Labute approximate surface area is 150 Å². The van der Waals surface area contributed by atoms with E-state index in [0.29, 0.717) is 6.54 Å². The van der Waals surface area contributed by atoms with Crippen molar-refractivity contribution in [2.45, 2.75) is 18.9 Å². The Morgan fingerprint density at radius 1 is 1.16 bits per heavy atom. The summed E-state index contributed by atoms with van der Waals surface area (Å²) < 4.78 is 10.9. The Morgan fingerprint density at radius 3 is 2.64 bits per heavy atom. The first-order valence-corrected chi connectivity index (χ1v) is 8.56. The van der Waals surface area contributed by atoms with Crippen LogP contribution in [0, 0.1) is 0 Å². The molecule has 0 aromatic heterocycles. The molecule has 2 aromatic carbocycles. The molecule has 1 atom stereocenters. The quantitative estimate of drug-likeness (QED) is 0.487. The van der Waals surface area contributed by atoms with Gasteiger partial charge in [0.1, 0.15) is 24.2 Å². The second kappa shape index (κ2) is 10.5. The third-order valence-corrected chi connectivity index (χ3v) is 3.90. The highest BCUT2D eigenvalue weighted by Gasteiger charge is 2.07. The van der Waals surface area contributed by atoms with Gasteiger partial charge >= 0.3 is 0 Å². The molecule has 0 aliphatic heterocycles. The van der Waals surface area contributed by atoms with Gasteiger partial charge in [-0.1, -0.05) is 36.4 Å². The van der Waals surface area contributed by atoms with Crippen molar-refractivity contribution in [1.29, 1.82) is 0 Å². The van der Waals surface area contributed by atoms with Crippen LogP contribution >= 0.6 is 0 Å². The summed E-state index contributed by atoms with van der Waals surface area (Å²) in [6.07, 6.45) is 2.96. The molecule has 0 radical (unpaired) electrons. The highest BCUT2D eigenvalue weighted by Crippen LogP contribution is 2.18. The van der Waals surface area contributed by atoms with Gasteiger partial charge in [0.15, 0.2) is 0 Å². The molecule has 2 aromatic rings. The van der Waals surface area contributed by atoms with E-state index in [9.17, 15) is 5.11 Å². The van der Waals surface area contributed by atoms with Gasteiger partial charge in [-0.25, -0.2) is 0 Å². The van der Waals surface area contributed by atoms with Crippen LogP contribution in [0.4, 0.5) is 0 Å². The Bertz CT molecular complexity index is 640. The maximum absolute atomic E-state index is 10.1. The normalized spacial score (nSPS) is 11.8. The monoisotopic (exact) mass is 341 g/mol. The zero-order valence-corrected chi connectivity index (χ0v) is 14.8. The van der Waals surface area contributed by atoms with E-state index in [1.165, 1.54) is 5.56 Å².